The number of nitrogens with zero attached hydrogens (tertiary/aromatic N) is 2. The van der Waals surface area contributed by atoms with Gasteiger partial charge in [0.05, 0.1) is 18.8 Å². The molecule has 2 unspecified atom stereocenters. The van der Waals surface area contributed by atoms with Crippen molar-refractivity contribution in [2.24, 2.45) is 0 Å². The van der Waals surface area contributed by atoms with Crippen LogP contribution in [0.2, 0.25) is 0 Å². The Hall–Kier alpha value is -1.13. The number of ether oxygens (including phenoxy) is 1. The zero-order valence-electron chi connectivity index (χ0n) is 13.3. The Balaban J connectivity index is 1.88. The highest BCUT2D eigenvalue weighted by Gasteiger charge is 2.34. The zero-order valence-corrected chi connectivity index (χ0v) is 13.3. The number of aryl methyl sites for hydroxylation is 1. The van der Waals surface area contributed by atoms with E-state index in [-0.39, 0.29) is 0 Å². The van der Waals surface area contributed by atoms with Crippen LogP contribution < -0.4 is 10.2 Å². The molecule has 0 amide bonds. The molecule has 1 aromatic heterocycles. The van der Waals surface area contributed by atoms with Gasteiger partial charge in [0.2, 0.25) is 0 Å². The number of hydrogen-bond acceptors (Lipinski definition) is 4. The van der Waals surface area contributed by atoms with Crippen molar-refractivity contribution in [2.45, 2.75) is 57.7 Å². The predicted molar refractivity (Wildman–Crippen MR) is 85.7 cm³/mol. The molecule has 0 aromatic carbocycles. The summed E-state index contributed by atoms with van der Waals surface area (Å²) in [6.07, 6.45) is 6.47. The van der Waals surface area contributed by atoms with Crippen LogP contribution in [-0.4, -0.2) is 37.3 Å². The van der Waals surface area contributed by atoms with Gasteiger partial charge in [0.25, 0.3) is 0 Å². The van der Waals surface area contributed by atoms with Gasteiger partial charge in [-0.3, -0.25) is 0 Å². The summed E-state index contributed by atoms with van der Waals surface area (Å²) in [5, 5.41) is 3.25. The van der Waals surface area contributed by atoms with Crippen LogP contribution in [0.4, 0.5) is 5.82 Å². The lowest BCUT2D eigenvalue weighted by Crippen LogP contribution is -2.53. The van der Waals surface area contributed by atoms with Crippen LogP contribution in [0.5, 0.6) is 0 Å². The number of aromatic nitrogens is 1. The predicted octanol–water partition coefficient (Wildman–Crippen LogP) is 2.51. The number of pyridine rings is 1. The number of fused-ring (bicyclic) bond motifs is 1. The molecule has 1 aliphatic carbocycles. The first-order valence-corrected chi connectivity index (χ1v) is 8.34. The highest BCUT2D eigenvalue weighted by molar-refractivity contribution is 5.45. The molecule has 2 fully saturated rings. The molecule has 2 heterocycles. The fourth-order valence-corrected chi connectivity index (χ4v) is 3.65. The van der Waals surface area contributed by atoms with Crippen LogP contribution in [0, 0.1) is 0 Å². The topological polar surface area (TPSA) is 37.4 Å². The van der Waals surface area contributed by atoms with Crippen LogP contribution in [0.1, 0.15) is 43.9 Å². The lowest BCUT2D eigenvalue weighted by Gasteiger charge is -2.44. The molecule has 21 heavy (non-hydrogen) atoms. The molecule has 1 N–H and O–H groups in total. The van der Waals surface area contributed by atoms with E-state index in [1.165, 1.54) is 36.9 Å². The molecular formula is C17H27N3O. The average Bonchev–Trinajstić information content (AvgIpc) is 2.54. The minimum absolute atomic E-state index is 0.410. The largest absolute Gasteiger partial charge is 0.374 e. The van der Waals surface area contributed by atoms with Gasteiger partial charge in [-0.1, -0.05) is 19.8 Å². The molecule has 116 valence electrons. The van der Waals surface area contributed by atoms with Crippen LogP contribution >= 0.6 is 0 Å². The van der Waals surface area contributed by atoms with Gasteiger partial charge >= 0.3 is 0 Å². The lowest BCUT2D eigenvalue weighted by molar-refractivity contribution is -0.00900. The molecule has 0 spiro atoms. The maximum Gasteiger partial charge on any atom is 0.129 e. The first kappa shape index (κ1) is 14.8. The smallest absolute Gasteiger partial charge is 0.129 e. The van der Waals surface area contributed by atoms with Gasteiger partial charge in [0.1, 0.15) is 5.82 Å². The van der Waals surface area contributed by atoms with Gasteiger partial charge in [-0.25, -0.2) is 4.98 Å². The first-order valence-electron chi connectivity index (χ1n) is 8.34. The first-order chi connectivity index (χ1) is 10.3. The molecule has 4 heteroatoms. The van der Waals surface area contributed by atoms with Crippen molar-refractivity contribution in [1.82, 2.24) is 10.3 Å². The number of rotatable bonds is 4. The van der Waals surface area contributed by atoms with Crippen molar-refractivity contribution in [2.75, 3.05) is 25.1 Å². The van der Waals surface area contributed by atoms with Crippen molar-refractivity contribution in [3.63, 3.8) is 0 Å². The summed E-state index contributed by atoms with van der Waals surface area (Å²) >= 11 is 0. The standard InChI is InChI=1S/C17H27N3O/c1-3-14-10-13(12-18-2)11-17(19-14)20-8-9-21-16-7-5-4-6-15(16)20/h10-11,15-16,18H,3-9,12H2,1-2H3. The SMILES string of the molecule is CCc1cc(CNC)cc(N2CCOC3CCCCC32)n1. The second kappa shape index (κ2) is 6.75. The van der Waals surface area contributed by atoms with E-state index in [2.05, 4.69) is 29.3 Å². The second-order valence-electron chi connectivity index (χ2n) is 6.16. The minimum Gasteiger partial charge on any atom is -0.374 e. The van der Waals surface area contributed by atoms with Crippen molar-refractivity contribution in [1.29, 1.82) is 0 Å². The monoisotopic (exact) mass is 289 g/mol. The van der Waals surface area contributed by atoms with Crippen molar-refractivity contribution < 1.29 is 4.74 Å². The van der Waals surface area contributed by atoms with Gasteiger partial charge in [0, 0.05) is 18.8 Å². The van der Waals surface area contributed by atoms with Crippen LogP contribution in [0.15, 0.2) is 12.1 Å². The summed E-state index contributed by atoms with van der Waals surface area (Å²) in [5.74, 6) is 1.15. The quantitative estimate of drug-likeness (QED) is 0.924. The molecule has 2 atom stereocenters. The van der Waals surface area contributed by atoms with E-state index in [4.69, 9.17) is 9.72 Å². The third-order valence-electron chi connectivity index (χ3n) is 4.69. The molecule has 1 saturated carbocycles. The summed E-state index contributed by atoms with van der Waals surface area (Å²) in [6, 6.07) is 5.00. The molecule has 2 aliphatic rings. The summed E-state index contributed by atoms with van der Waals surface area (Å²) in [4.78, 5) is 7.40. The number of hydrogen-bond donors (Lipinski definition) is 1. The van der Waals surface area contributed by atoms with Gasteiger partial charge in [-0.2, -0.15) is 0 Å². The van der Waals surface area contributed by atoms with Gasteiger partial charge in [0.15, 0.2) is 0 Å². The Morgan fingerprint density at radius 3 is 3.00 bits per heavy atom. The summed E-state index contributed by atoms with van der Waals surface area (Å²) < 4.78 is 5.99. The Kier molecular flexibility index (Phi) is 4.76. The van der Waals surface area contributed by atoms with E-state index in [1.807, 2.05) is 7.05 Å². The number of nitrogens with one attached hydrogen (secondary N) is 1. The van der Waals surface area contributed by atoms with E-state index in [0.717, 1.165) is 31.9 Å². The molecule has 3 rings (SSSR count). The molecular weight excluding hydrogens is 262 g/mol. The second-order valence-corrected chi connectivity index (χ2v) is 6.16. The zero-order chi connectivity index (χ0) is 14.7. The van der Waals surface area contributed by atoms with E-state index < -0.39 is 0 Å². The van der Waals surface area contributed by atoms with E-state index in [1.54, 1.807) is 0 Å². The van der Waals surface area contributed by atoms with E-state index in [0.29, 0.717) is 12.1 Å². The summed E-state index contributed by atoms with van der Waals surface area (Å²) in [7, 11) is 2.00. The van der Waals surface area contributed by atoms with Crippen LogP contribution in [0.3, 0.4) is 0 Å². The number of morpholine rings is 1. The van der Waals surface area contributed by atoms with Crippen molar-refractivity contribution in [3.8, 4) is 0 Å². The molecule has 1 aliphatic heterocycles. The molecule has 4 nitrogen and oxygen atoms in total. The van der Waals surface area contributed by atoms with Crippen LogP contribution in [0.25, 0.3) is 0 Å². The van der Waals surface area contributed by atoms with Crippen molar-refractivity contribution in [3.05, 3.63) is 23.4 Å². The third-order valence-corrected chi connectivity index (χ3v) is 4.69. The fourth-order valence-electron chi connectivity index (χ4n) is 3.65. The summed E-state index contributed by atoms with van der Waals surface area (Å²) in [5.41, 5.74) is 2.52. The highest BCUT2D eigenvalue weighted by Crippen LogP contribution is 2.31. The van der Waals surface area contributed by atoms with Gasteiger partial charge in [-0.05, 0) is 44.0 Å². The fraction of sp³-hybridized carbons (Fsp3) is 0.706. The minimum atomic E-state index is 0.410. The Labute approximate surface area is 127 Å². The molecule has 1 aromatic rings. The normalized spacial score (nSPS) is 25.7. The van der Waals surface area contributed by atoms with Crippen LogP contribution in [-0.2, 0) is 17.7 Å². The third kappa shape index (κ3) is 3.22. The lowest BCUT2D eigenvalue weighted by atomic mass is 9.90. The number of anilines is 1. The average molecular weight is 289 g/mol. The molecule has 0 radical (unpaired) electrons. The van der Waals surface area contributed by atoms with Crippen molar-refractivity contribution >= 4 is 5.82 Å². The van der Waals surface area contributed by atoms with E-state index in [9.17, 15) is 0 Å². The Morgan fingerprint density at radius 1 is 1.33 bits per heavy atom. The highest BCUT2D eigenvalue weighted by atomic mass is 16.5. The molecule has 1 saturated heterocycles. The maximum atomic E-state index is 5.99. The Morgan fingerprint density at radius 2 is 2.19 bits per heavy atom. The maximum absolute atomic E-state index is 5.99. The van der Waals surface area contributed by atoms with Gasteiger partial charge < -0.3 is 15.0 Å². The Bertz CT molecular complexity index is 475. The molecule has 0 bridgehead atoms. The summed E-state index contributed by atoms with van der Waals surface area (Å²) in [6.45, 7) is 4.89. The van der Waals surface area contributed by atoms with Gasteiger partial charge in [-0.15, -0.1) is 0 Å². The van der Waals surface area contributed by atoms with E-state index >= 15 is 0 Å².